The third kappa shape index (κ3) is 2.56. The molecular weight excluding hydrogens is 229 g/mol. The van der Waals surface area contributed by atoms with E-state index in [1.807, 2.05) is 0 Å². The molecule has 74 valence electrons. The van der Waals surface area contributed by atoms with E-state index in [9.17, 15) is 9.59 Å². The number of hydrogen-bond acceptors (Lipinski definition) is 3. The molecule has 1 aliphatic rings. The second kappa shape index (κ2) is 3.82. The van der Waals surface area contributed by atoms with Gasteiger partial charge >= 0.3 is 80.8 Å². The number of carbonyl (C=O) groups is 2. The summed E-state index contributed by atoms with van der Waals surface area (Å²) in [6.45, 7) is 0. The van der Waals surface area contributed by atoms with Gasteiger partial charge in [-0.25, -0.2) is 0 Å². The van der Waals surface area contributed by atoms with Crippen molar-refractivity contribution >= 4 is 25.0 Å². The van der Waals surface area contributed by atoms with Gasteiger partial charge in [-0.2, -0.15) is 0 Å². The van der Waals surface area contributed by atoms with Crippen molar-refractivity contribution in [2.45, 2.75) is 28.4 Å². The molecule has 0 saturated carbocycles. The van der Waals surface area contributed by atoms with Crippen molar-refractivity contribution in [3.8, 4) is 0 Å². The number of ether oxygens (including phenoxy) is 1. The Morgan fingerprint density at radius 1 is 1.54 bits per heavy atom. The quantitative estimate of drug-likeness (QED) is 0.399. The van der Waals surface area contributed by atoms with Crippen LogP contribution in [-0.2, 0) is 14.3 Å². The third-order valence-corrected chi connectivity index (χ3v) is 9.22. The molecule has 1 rings (SSSR count). The zero-order valence-electron chi connectivity index (χ0n) is 8.42. The topological polar surface area (TPSA) is 43.4 Å². The van der Waals surface area contributed by atoms with Crippen LogP contribution < -0.4 is 0 Å². The van der Waals surface area contributed by atoms with Gasteiger partial charge in [-0.15, -0.1) is 0 Å². The van der Waals surface area contributed by atoms with Gasteiger partial charge in [0.15, 0.2) is 0 Å². The van der Waals surface area contributed by atoms with Crippen LogP contribution in [0, 0.1) is 5.92 Å². The predicted octanol–water partition coefficient (Wildman–Crippen LogP) is 1.46. The Balaban J connectivity index is 2.71. The van der Waals surface area contributed by atoms with Gasteiger partial charge in [-0.05, 0) is 0 Å². The maximum absolute atomic E-state index is 11.4. The van der Waals surface area contributed by atoms with Crippen molar-refractivity contribution in [1.29, 1.82) is 0 Å². The van der Waals surface area contributed by atoms with Crippen LogP contribution >= 0.6 is 0 Å². The molecule has 0 amide bonds. The van der Waals surface area contributed by atoms with Gasteiger partial charge in [0.05, 0.1) is 0 Å². The first-order valence-corrected chi connectivity index (χ1v) is 11.7. The standard InChI is InChI=1S/C9H16GeO3/c1-10(2)5-4-8(11)7(6-10)9(12)13-3/h7H,4-6H2,1-3H3. The second-order valence-electron chi connectivity index (χ2n) is 4.41. The van der Waals surface area contributed by atoms with Crippen LogP contribution in [0.4, 0.5) is 0 Å². The number of methoxy groups -OCH3 is 1. The molecule has 0 bridgehead atoms. The fraction of sp³-hybridized carbons (Fsp3) is 0.778. The van der Waals surface area contributed by atoms with Crippen LogP contribution in [0.2, 0.25) is 22.0 Å². The molecule has 1 unspecified atom stereocenters. The summed E-state index contributed by atoms with van der Waals surface area (Å²) >= 11 is -1.78. The van der Waals surface area contributed by atoms with Crippen LogP contribution in [0.1, 0.15) is 6.42 Å². The molecule has 1 saturated heterocycles. The molecule has 0 spiro atoms. The molecule has 0 aromatic carbocycles. The fourth-order valence-electron chi connectivity index (χ4n) is 1.76. The van der Waals surface area contributed by atoms with E-state index in [0.29, 0.717) is 6.42 Å². The SMILES string of the molecule is COC(=O)C1[CH2][Ge]([CH3])([CH3])[CH2]CC1=O. The molecule has 4 heteroatoms. The van der Waals surface area contributed by atoms with Gasteiger partial charge in [-0.3, -0.25) is 0 Å². The van der Waals surface area contributed by atoms with Gasteiger partial charge in [0, 0.05) is 0 Å². The summed E-state index contributed by atoms with van der Waals surface area (Å²) in [7, 11) is 1.35. The zero-order chi connectivity index (χ0) is 10.1. The average Bonchev–Trinajstić information content (AvgIpc) is 2.08. The van der Waals surface area contributed by atoms with Gasteiger partial charge in [0.1, 0.15) is 0 Å². The van der Waals surface area contributed by atoms with E-state index in [1.54, 1.807) is 0 Å². The Hall–Kier alpha value is -0.317. The first kappa shape index (κ1) is 10.8. The second-order valence-corrected chi connectivity index (χ2v) is 15.4. The Morgan fingerprint density at radius 2 is 2.15 bits per heavy atom. The van der Waals surface area contributed by atoms with Crippen molar-refractivity contribution in [1.82, 2.24) is 0 Å². The van der Waals surface area contributed by atoms with Gasteiger partial charge in [0.2, 0.25) is 0 Å². The van der Waals surface area contributed by atoms with Gasteiger partial charge < -0.3 is 0 Å². The molecule has 0 N–H and O–H groups in total. The number of rotatable bonds is 1. The van der Waals surface area contributed by atoms with Crippen LogP contribution in [0.25, 0.3) is 0 Å². The van der Waals surface area contributed by atoms with Crippen LogP contribution in [-0.4, -0.2) is 32.1 Å². The van der Waals surface area contributed by atoms with Crippen molar-refractivity contribution in [2.24, 2.45) is 5.92 Å². The number of carbonyl (C=O) groups excluding carboxylic acids is 2. The van der Waals surface area contributed by atoms with Gasteiger partial charge in [-0.1, -0.05) is 0 Å². The van der Waals surface area contributed by atoms with Crippen molar-refractivity contribution in [3.63, 3.8) is 0 Å². The predicted molar refractivity (Wildman–Crippen MR) is 52.2 cm³/mol. The third-order valence-electron chi connectivity index (χ3n) is 2.68. The molecule has 1 fully saturated rings. The van der Waals surface area contributed by atoms with E-state index in [1.165, 1.54) is 7.11 Å². The molecule has 3 nitrogen and oxygen atoms in total. The molecule has 0 radical (unpaired) electrons. The molecule has 1 heterocycles. The maximum atomic E-state index is 11.4. The van der Waals surface area contributed by atoms with Crippen LogP contribution in [0.5, 0.6) is 0 Å². The molecule has 1 aliphatic heterocycles. The van der Waals surface area contributed by atoms with Crippen LogP contribution in [0.3, 0.4) is 0 Å². The monoisotopic (exact) mass is 246 g/mol. The van der Waals surface area contributed by atoms with E-state index in [-0.39, 0.29) is 11.8 Å². The summed E-state index contributed by atoms with van der Waals surface area (Å²) < 4.78 is 4.62. The molecule has 1 atom stereocenters. The van der Waals surface area contributed by atoms with E-state index in [0.717, 1.165) is 10.5 Å². The molecule has 0 aliphatic carbocycles. The molecule has 0 aromatic rings. The summed E-state index contributed by atoms with van der Waals surface area (Å²) in [5, 5.41) is 1.87. The molecular formula is C9H16GeO3. The molecule has 13 heavy (non-hydrogen) atoms. The minimum absolute atomic E-state index is 0.0804. The average molecular weight is 245 g/mol. The number of esters is 1. The Bertz CT molecular complexity index is 227. The van der Waals surface area contributed by atoms with Gasteiger partial charge in [0.25, 0.3) is 0 Å². The van der Waals surface area contributed by atoms with Crippen molar-refractivity contribution in [2.75, 3.05) is 7.11 Å². The number of ketones is 1. The van der Waals surface area contributed by atoms with E-state index < -0.39 is 19.2 Å². The Morgan fingerprint density at radius 3 is 2.69 bits per heavy atom. The Kier molecular flexibility index (Phi) is 3.16. The normalized spacial score (nSPS) is 27.0. The number of hydrogen-bond donors (Lipinski definition) is 0. The first-order valence-electron chi connectivity index (χ1n) is 4.57. The summed E-state index contributed by atoms with van der Waals surface area (Å²) in [5.74, 6) is 3.85. The first-order chi connectivity index (χ1) is 5.96. The summed E-state index contributed by atoms with van der Waals surface area (Å²) in [5.41, 5.74) is 0. The summed E-state index contributed by atoms with van der Waals surface area (Å²) in [4.78, 5) is 22.7. The summed E-state index contributed by atoms with van der Waals surface area (Å²) in [6, 6.07) is 0. The van der Waals surface area contributed by atoms with E-state index in [2.05, 4.69) is 16.2 Å². The van der Waals surface area contributed by atoms with Crippen molar-refractivity contribution in [3.05, 3.63) is 0 Å². The van der Waals surface area contributed by atoms with E-state index in [4.69, 9.17) is 0 Å². The fourth-order valence-corrected chi connectivity index (χ4v) is 7.27. The Labute approximate surface area is 81.2 Å². The number of Topliss-reactive ketones (excluding diaryl/α,β-unsaturated/α-hetero) is 1. The minimum atomic E-state index is -1.78. The van der Waals surface area contributed by atoms with Crippen molar-refractivity contribution < 1.29 is 14.3 Å². The zero-order valence-corrected chi connectivity index (χ0v) is 10.5. The van der Waals surface area contributed by atoms with Crippen LogP contribution in [0.15, 0.2) is 0 Å². The van der Waals surface area contributed by atoms with E-state index >= 15 is 0 Å². The summed E-state index contributed by atoms with van der Waals surface area (Å²) in [6.07, 6.45) is 0.590. The molecule has 0 aromatic heterocycles.